The van der Waals surface area contributed by atoms with E-state index in [2.05, 4.69) is 48.4 Å². The summed E-state index contributed by atoms with van der Waals surface area (Å²) < 4.78 is 1.77. The molecule has 1 heterocycles. The van der Waals surface area contributed by atoms with Crippen LogP contribution in [0.2, 0.25) is 5.02 Å². The fourth-order valence-corrected chi connectivity index (χ4v) is 3.64. The summed E-state index contributed by atoms with van der Waals surface area (Å²) in [7, 11) is 0. The van der Waals surface area contributed by atoms with Crippen molar-refractivity contribution in [2.24, 2.45) is 0 Å². The van der Waals surface area contributed by atoms with Gasteiger partial charge in [-0.3, -0.25) is 0 Å². The predicted molar refractivity (Wildman–Crippen MR) is 94.4 cm³/mol. The molecule has 23 heavy (non-hydrogen) atoms. The number of rotatable bonds is 4. The largest absolute Gasteiger partial charge is 0.214 e. The zero-order valence-electron chi connectivity index (χ0n) is 13.2. The van der Waals surface area contributed by atoms with E-state index in [1.165, 1.54) is 11.1 Å². The van der Waals surface area contributed by atoms with Crippen LogP contribution in [0.1, 0.15) is 28.9 Å². The first kappa shape index (κ1) is 16.0. The standard InChI is InChI=1S/C17H17ClN4S/c1-11-8-9-14(10-12(11)2)22-17(19-20-21-22)23-13(3)15-6-4-5-7-16(15)18/h4-10,13H,1-3H3/t13-/m1/s1. The second-order valence-corrected chi connectivity index (χ2v) is 7.14. The van der Waals surface area contributed by atoms with Crippen molar-refractivity contribution in [2.45, 2.75) is 31.2 Å². The molecule has 0 aliphatic rings. The van der Waals surface area contributed by atoms with Gasteiger partial charge in [0.15, 0.2) is 0 Å². The number of benzene rings is 2. The maximum Gasteiger partial charge on any atom is 0.214 e. The molecular weight excluding hydrogens is 328 g/mol. The monoisotopic (exact) mass is 344 g/mol. The SMILES string of the molecule is Cc1ccc(-n2nnnc2S[C@H](C)c2ccccc2Cl)cc1C. The molecule has 1 aromatic heterocycles. The number of hydrogen-bond acceptors (Lipinski definition) is 4. The van der Waals surface area contributed by atoms with Crippen molar-refractivity contribution in [1.82, 2.24) is 20.2 Å². The van der Waals surface area contributed by atoms with Crippen LogP contribution in [0.4, 0.5) is 0 Å². The van der Waals surface area contributed by atoms with Crippen molar-refractivity contribution < 1.29 is 0 Å². The van der Waals surface area contributed by atoms with Crippen LogP contribution in [0, 0.1) is 13.8 Å². The number of aryl methyl sites for hydroxylation is 2. The van der Waals surface area contributed by atoms with E-state index in [4.69, 9.17) is 11.6 Å². The average Bonchev–Trinajstić information content (AvgIpc) is 2.98. The van der Waals surface area contributed by atoms with Crippen molar-refractivity contribution in [2.75, 3.05) is 0 Å². The van der Waals surface area contributed by atoms with Crippen LogP contribution in [-0.4, -0.2) is 20.2 Å². The fourth-order valence-electron chi connectivity index (χ4n) is 2.30. The molecule has 4 nitrogen and oxygen atoms in total. The van der Waals surface area contributed by atoms with Gasteiger partial charge in [0.1, 0.15) is 0 Å². The first-order valence-electron chi connectivity index (χ1n) is 7.33. The summed E-state index contributed by atoms with van der Waals surface area (Å²) in [4.78, 5) is 0. The zero-order chi connectivity index (χ0) is 16.4. The fraction of sp³-hybridized carbons (Fsp3) is 0.235. The topological polar surface area (TPSA) is 43.6 Å². The minimum atomic E-state index is 0.153. The second-order valence-electron chi connectivity index (χ2n) is 5.42. The summed E-state index contributed by atoms with van der Waals surface area (Å²) >= 11 is 7.87. The van der Waals surface area contributed by atoms with Gasteiger partial charge in [-0.2, -0.15) is 4.68 Å². The number of tetrazole rings is 1. The molecule has 0 fully saturated rings. The predicted octanol–water partition coefficient (Wildman–Crippen LogP) is 4.79. The van der Waals surface area contributed by atoms with E-state index in [1.54, 1.807) is 16.4 Å². The quantitative estimate of drug-likeness (QED) is 0.638. The molecule has 3 rings (SSSR count). The van der Waals surface area contributed by atoms with Gasteiger partial charge in [0.2, 0.25) is 5.16 Å². The van der Waals surface area contributed by atoms with Crippen LogP contribution in [0.25, 0.3) is 5.69 Å². The lowest BCUT2D eigenvalue weighted by Gasteiger charge is -2.13. The summed E-state index contributed by atoms with van der Waals surface area (Å²) in [5, 5.41) is 13.8. The molecule has 6 heteroatoms. The maximum atomic E-state index is 6.28. The van der Waals surface area contributed by atoms with Gasteiger partial charge in [0.05, 0.1) is 5.69 Å². The molecule has 0 radical (unpaired) electrons. The Morgan fingerprint density at radius 2 is 1.87 bits per heavy atom. The van der Waals surface area contributed by atoms with Crippen molar-refractivity contribution in [3.63, 3.8) is 0 Å². The molecular formula is C17H17ClN4S. The summed E-state index contributed by atoms with van der Waals surface area (Å²) in [5.74, 6) is 0. The highest BCUT2D eigenvalue weighted by molar-refractivity contribution is 7.99. The Hall–Kier alpha value is -1.85. The Morgan fingerprint density at radius 1 is 1.09 bits per heavy atom. The van der Waals surface area contributed by atoms with E-state index < -0.39 is 0 Å². The second kappa shape index (κ2) is 6.72. The summed E-state index contributed by atoms with van der Waals surface area (Å²) in [6, 6.07) is 14.1. The van der Waals surface area contributed by atoms with E-state index in [0.717, 1.165) is 21.4 Å². The Labute approximate surface area is 144 Å². The Kier molecular flexibility index (Phi) is 4.68. The lowest BCUT2D eigenvalue weighted by Crippen LogP contribution is -2.01. The summed E-state index contributed by atoms with van der Waals surface area (Å²) in [5.41, 5.74) is 4.51. The highest BCUT2D eigenvalue weighted by Gasteiger charge is 2.16. The molecule has 0 aliphatic carbocycles. The van der Waals surface area contributed by atoms with Crippen LogP contribution >= 0.6 is 23.4 Å². The first-order valence-corrected chi connectivity index (χ1v) is 8.59. The molecule has 2 aromatic carbocycles. The highest BCUT2D eigenvalue weighted by Crippen LogP contribution is 2.37. The molecule has 0 N–H and O–H groups in total. The molecule has 0 saturated carbocycles. The minimum Gasteiger partial charge on any atom is -0.187 e. The van der Waals surface area contributed by atoms with Crippen molar-refractivity contribution >= 4 is 23.4 Å². The van der Waals surface area contributed by atoms with Crippen molar-refractivity contribution in [3.05, 3.63) is 64.2 Å². The molecule has 118 valence electrons. The zero-order valence-corrected chi connectivity index (χ0v) is 14.8. The summed E-state index contributed by atoms with van der Waals surface area (Å²) in [6.07, 6.45) is 0. The molecule has 0 bridgehead atoms. The summed E-state index contributed by atoms with van der Waals surface area (Å²) in [6.45, 7) is 6.28. The molecule has 0 aliphatic heterocycles. The maximum absolute atomic E-state index is 6.28. The van der Waals surface area contributed by atoms with E-state index >= 15 is 0 Å². The third-order valence-electron chi connectivity index (χ3n) is 3.80. The molecule has 0 saturated heterocycles. The molecule has 0 unspecified atom stereocenters. The van der Waals surface area contributed by atoms with E-state index in [-0.39, 0.29) is 5.25 Å². The lowest BCUT2D eigenvalue weighted by molar-refractivity contribution is 0.754. The van der Waals surface area contributed by atoms with Gasteiger partial charge in [0, 0.05) is 10.3 Å². The van der Waals surface area contributed by atoms with Gasteiger partial charge in [-0.1, -0.05) is 47.6 Å². The van der Waals surface area contributed by atoms with Gasteiger partial charge >= 0.3 is 0 Å². The van der Waals surface area contributed by atoms with Crippen LogP contribution in [0.3, 0.4) is 0 Å². The number of thioether (sulfide) groups is 1. The number of nitrogens with zero attached hydrogens (tertiary/aromatic N) is 4. The van der Waals surface area contributed by atoms with E-state index in [0.29, 0.717) is 0 Å². The van der Waals surface area contributed by atoms with E-state index in [9.17, 15) is 0 Å². The number of hydrogen-bond donors (Lipinski definition) is 0. The Balaban J connectivity index is 1.89. The van der Waals surface area contributed by atoms with Crippen LogP contribution in [0.15, 0.2) is 47.6 Å². The number of halogens is 1. The van der Waals surface area contributed by atoms with Crippen LogP contribution < -0.4 is 0 Å². The van der Waals surface area contributed by atoms with Gasteiger partial charge in [0.25, 0.3) is 0 Å². The Bertz CT molecular complexity index is 831. The van der Waals surface area contributed by atoms with E-state index in [1.807, 2.05) is 30.3 Å². The van der Waals surface area contributed by atoms with Gasteiger partial charge in [-0.15, -0.1) is 5.10 Å². The third-order valence-corrected chi connectivity index (χ3v) is 5.22. The molecule has 0 amide bonds. The first-order chi connectivity index (χ1) is 11.1. The van der Waals surface area contributed by atoms with Crippen LogP contribution in [0.5, 0.6) is 0 Å². The van der Waals surface area contributed by atoms with Crippen molar-refractivity contribution in [3.8, 4) is 5.69 Å². The van der Waals surface area contributed by atoms with Gasteiger partial charge in [-0.05, 0) is 66.1 Å². The molecule has 3 aromatic rings. The smallest absolute Gasteiger partial charge is 0.187 e. The third kappa shape index (κ3) is 3.41. The van der Waals surface area contributed by atoms with Gasteiger partial charge in [-0.25, -0.2) is 0 Å². The normalized spacial score (nSPS) is 12.3. The highest BCUT2D eigenvalue weighted by atomic mass is 35.5. The van der Waals surface area contributed by atoms with Crippen molar-refractivity contribution in [1.29, 1.82) is 0 Å². The van der Waals surface area contributed by atoms with Crippen LogP contribution in [-0.2, 0) is 0 Å². The molecule has 1 atom stereocenters. The average molecular weight is 345 g/mol. The minimum absolute atomic E-state index is 0.153. The van der Waals surface area contributed by atoms with Gasteiger partial charge < -0.3 is 0 Å². The molecule has 0 spiro atoms. The Morgan fingerprint density at radius 3 is 2.61 bits per heavy atom. The lowest BCUT2D eigenvalue weighted by atomic mass is 10.1. The number of aromatic nitrogens is 4.